The number of nitrogens with one attached hydrogen (secondary N) is 1. The number of sulfonamides is 1. The molecular formula is C19H22N2O4S. The van der Waals surface area contributed by atoms with Gasteiger partial charge in [-0.05, 0) is 36.1 Å². The molecule has 0 unspecified atom stereocenters. The van der Waals surface area contributed by atoms with Gasteiger partial charge in [-0.3, -0.25) is 9.10 Å². The Kier molecular flexibility index (Phi) is 5.46. The molecule has 1 aliphatic heterocycles. The highest BCUT2D eigenvalue weighted by molar-refractivity contribution is 7.92. The average molecular weight is 374 g/mol. The summed E-state index contributed by atoms with van der Waals surface area (Å²) in [6, 6.07) is 14.3. The van der Waals surface area contributed by atoms with E-state index in [2.05, 4.69) is 5.32 Å². The quantitative estimate of drug-likeness (QED) is 0.774. The molecule has 138 valence electrons. The van der Waals surface area contributed by atoms with Gasteiger partial charge < -0.3 is 10.4 Å². The Hall–Kier alpha value is -2.54. The van der Waals surface area contributed by atoms with Crippen LogP contribution < -0.4 is 9.62 Å². The number of rotatable bonds is 7. The fourth-order valence-electron chi connectivity index (χ4n) is 3.09. The van der Waals surface area contributed by atoms with Gasteiger partial charge in [0, 0.05) is 19.5 Å². The average Bonchev–Trinajstić information content (AvgIpc) is 3.06. The summed E-state index contributed by atoms with van der Waals surface area (Å²) in [5.74, 6) is -0.204. The van der Waals surface area contributed by atoms with Crippen LogP contribution in [0.5, 0.6) is 5.75 Å². The summed E-state index contributed by atoms with van der Waals surface area (Å²) in [5.41, 5.74) is 2.46. The maximum atomic E-state index is 12.5. The molecule has 7 heteroatoms. The van der Waals surface area contributed by atoms with Crippen LogP contribution in [0.4, 0.5) is 5.69 Å². The van der Waals surface area contributed by atoms with Gasteiger partial charge in [0.1, 0.15) is 5.75 Å². The zero-order valence-electron chi connectivity index (χ0n) is 14.4. The molecule has 2 N–H and O–H groups in total. The molecule has 0 saturated heterocycles. The fraction of sp³-hybridized carbons (Fsp3) is 0.316. The van der Waals surface area contributed by atoms with Gasteiger partial charge in [-0.25, -0.2) is 8.42 Å². The molecule has 0 aliphatic carbocycles. The first-order chi connectivity index (χ1) is 12.5. The van der Waals surface area contributed by atoms with E-state index in [1.54, 1.807) is 24.3 Å². The molecule has 1 aliphatic rings. The zero-order chi connectivity index (χ0) is 18.6. The Morgan fingerprint density at radius 3 is 2.65 bits per heavy atom. The molecule has 6 nitrogen and oxygen atoms in total. The minimum Gasteiger partial charge on any atom is -0.508 e. The summed E-state index contributed by atoms with van der Waals surface area (Å²) < 4.78 is 26.5. The van der Waals surface area contributed by atoms with Crippen LogP contribution in [0.3, 0.4) is 0 Å². The van der Waals surface area contributed by atoms with E-state index in [-0.39, 0.29) is 30.4 Å². The molecule has 0 bridgehead atoms. The highest BCUT2D eigenvalue weighted by Crippen LogP contribution is 2.29. The highest BCUT2D eigenvalue weighted by Gasteiger charge is 2.28. The smallest absolute Gasteiger partial charge is 0.236 e. The molecule has 0 radical (unpaired) electrons. The Morgan fingerprint density at radius 2 is 1.85 bits per heavy atom. The van der Waals surface area contributed by atoms with Crippen molar-refractivity contribution in [3.63, 3.8) is 0 Å². The number of nitrogens with zero attached hydrogens (tertiary/aromatic N) is 1. The van der Waals surface area contributed by atoms with Gasteiger partial charge in [0.15, 0.2) is 0 Å². The first-order valence-electron chi connectivity index (χ1n) is 8.59. The number of benzene rings is 2. The number of phenols is 1. The fourth-order valence-corrected chi connectivity index (χ4v) is 4.51. The van der Waals surface area contributed by atoms with E-state index < -0.39 is 10.0 Å². The summed E-state index contributed by atoms with van der Waals surface area (Å²) >= 11 is 0. The second kappa shape index (κ2) is 7.78. The molecule has 2 aromatic rings. The van der Waals surface area contributed by atoms with E-state index in [0.717, 1.165) is 11.3 Å². The van der Waals surface area contributed by atoms with Crippen molar-refractivity contribution in [3.05, 3.63) is 59.7 Å². The lowest BCUT2D eigenvalue weighted by atomic mass is 10.1. The normalized spacial score (nSPS) is 13.5. The summed E-state index contributed by atoms with van der Waals surface area (Å²) in [4.78, 5) is 11.9. The van der Waals surface area contributed by atoms with Gasteiger partial charge in [-0.2, -0.15) is 0 Å². The van der Waals surface area contributed by atoms with Crippen molar-refractivity contribution in [2.24, 2.45) is 0 Å². The van der Waals surface area contributed by atoms with E-state index in [1.165, 1.54) is 4.31 Å². The minimum atomic E-state index is -3.46. The van der Waals surface area contributed by atoms with Crippen molar-refractivity contribution < 1.29 is 18.3 Å². The number of phenolic OH excluding ortho intramolecular Hbond substituents is 1. The third-order valence-corrected chi connectivity index (χ3v) is 6.25. The van der Waals surface area contributed by atoms with Crippen molar-refractivity contribution in [1.82, 2.24) is 5.32 Å². The molecule has 3 rings (SSSR count). The summed E-state index contributed by atoms with van der Waals surface area (Å²) in [7, 11) is -3.46. The number of aromatic hydroxyl groups is 1. The lowest BCUT2D eigenvalue weighted by molar-refractivity contribution is -0.120. The SMILES string of the molecule is O=C(CCc1ccccc1O)NCCS(=O)(=O)N1CCc2ccccc21. The van der Waals surface area contributed by atoms with Crippen LogP contribution in [0, 0.1) is 0 Å². The number of para-hydroxylation sites is 2. The molecule has 1 amide bonds. The predicted molar refractivity (Wildman–Crippen MR) is 101 cm³/mol. The van der Waals surface area contributed by atoms with Gasteiger partial charge >= 0.3 is 0 Å². The number of fused-ring (bicyclic) bond motifs is 1. The van der Waals surface area contributed by atoms with Gasteiger partial charge in [-0.1, -0.05) is 36.4 Å². The maximum Gasteiger partial charge on any atom is 0.236 e. The number of hydrogen-bond acceptors (Lipinski definition) is 4. The molecule has 0 aromatic heterocycles. The summed E-state index contributed by atoms with van der Waals surface area (Å²) in [6.45, 7) is 0.517. The Bertz CT molecular complexity index is 896. The van der Waals surface area contributed by atoms with Crippen molar-refractivity contribution in [1.29, 1.82) is 0 Å². The summed E-state index contributed by atoms with van der Waals surface area (Å²) in [6.07, 6.45) is 1.32. The predicted octanol–water partition coefficient (Wildman–Crippen LogP) is 1.83. The molecule has 26 heavy (non-hydrogen) atoms. The van der Waals surface area contributed by atoms with Crippen molar-refractivity contribution >= 4 is 21.6 Å². The van der Waals surface area contributed by atoms with Crippen LogP contribution in [-0.4, -0.2) is 38.3 Å². The number of carbonyl (C=O) groups is 1. The lowest BCUT2D eigenvalue weighted by Crippen LogP contribution is -2.37. The first-order valence-corrected chi connectivity index (χ1v) is 10.2. The maximum absolute atomic E-state index is 12.5. The number of aryl methyl sites for hydroxylation is 1. The minimum absolute atomic E-state index is 0.0700. The van der Waals surface area contributed by atoms with Gasteiger partial charge in [0.25, 0.3) is 0 Å². The first kappa shape index (κ1) is 18.3. The van der Waals surface area contributed by atoms with E-state index in [0.29, 0.717) is 24.9 Å². The van der Waals surface area contributed by atoms with Gasteiger partial charge in [-0.15, -0.1) is 0 Å². The number of amides is 1. The number of hydrogen-bond donors (Lipinski definition) is 2. The highest BCUT2D eigenvalue weighted by atomic mass is 32.2. The van der Waals surface area contributed by atoms with Crippen molar-refractivity contribution in [3.8, 4) is 5.75 Å². The third kappa shape index (κ3) is 4.16. The van der Waals surface area contributed by atoms with Crippen LogP contribution in [-0.2, 0) is 27.7 Å². The summed E-state index contributed by atoms with van der Waals surface area (Å²) in [5, 5.41) is 12.3. The van der Waals surface area contributed by atoms with E-state index in [9.17, 15) is 18.3 Å². The van der Waals surface area contributed by atoms with E-state index in [1.807, 2.05) is 24.3 Å². The van der Waals surface area contributed by atoms with E-state index in [4.69, 9.17) is 0 Å². The van der Waals surface area contributed by atoms with Crippen LogP contribution in [0.15, 0.2) is 48.5 Å². The molecule has 1 heterocycles. The molecule has 0 saturated carbocycles. The van der Waals surface area contributed by atoms with Crippen LogP contribution in [0.2, 0.25) is 0 Å². The molecule has 0 spiro atoms. The van der Waals surface area contributed by atoms with Crippen LogP contribution >= 0.6 is 0 Å². The zero-order valence-corrected chi connectivity index (χ0v) is 15.2. The second-order valence-electron chi connectivity index (χ2n) is 6.25. The third-order valence-electron chi connectivity index (χ3n) is 4.48. The van der Waals surface area contributed by atoms with E-state index >= 15 is 0 Å². The van der Waals surface area contributed by atoms with Crippen molar-refractivity contribution in [2.45, 2.75) is 19.3 Å². The molecule has 0 atom stereocenters. The Balaban J connectivity index is 1.48. The number of anilines is 1. The monoisotopic (exact) mass is 374 g/mol. The van der Waals surface area contributed by atoms with Gasteiger partial charge in [0.2, 0.25) is 15.9 Å². The second-order valence-corrected chi connectivity index (χ2v) is 8.26. The van der Waals surface area contributed by atoms with Gasteiger partial charge in [0.05, 0.1) is 11.4 Å². The molecule has 2 aromatic carbocycles. The van der Waals surface area contributed by atoms with Crippen molar-refractivity contribution in [2.75, 3.05) is 23.1 Å². The molecule has 0 fully saturated rings. The molecular weight excluding hydrogens is 352 g/mol. The Morgan fingerprint density at radius 1 is 1.12 bits per heavy atom. The number of carbonyl (C=O) groups excluding carboxylic acids is 1. The lowest BCUT2D eigenvalue weighted by Gasteiger charge is -2.19. The largest absolute Gasteiger partial charge is 0.508 e. The van der Waals surface area contributed by atoms with Crippen LogP contribution in [0.25, 0.3) is 0 Å². The topological polar surface area (TPSA) is 86.7 Å². The standard InChI is InChI=1S/C19H22N2O4S/c22-18-8-4-2-6-16(18)9-10-19(23)20-12-14-26(24,25)21-13-11-15-5-1-3-7-17(15)21/h1-8,22H,9-14H2,(H,20,23). The Labute approximate surface area is 153 Å². The van der Waals surface area contributed by atoms with Crippen LogP contribution in [0.1, 0.15) is 17.5 Å².